The summed E-state index contributed by atoms with van der Waals surface area (Å²) in [5, 5.41) is 6.18. The molecule has 3 heterocycles. The Morgan fingerprint density at radius 2 is 0.833 bits per heavy atom. The molecule has 0 atom stereocenters. The molecule has 0 unspecified atom stereocenters. The number of nitrogens with zero attached hydrogens (tertiary/aromatic N) is 1. The van der Waals surface area contributed by atoms with Gasteiger partial charge in [-0.25, -0.2) is 0 Å². The van der Waals surface area contributed by atoms with E-state index in [1.807, 2.05) is 0 Å². The number of benzene rings is 4. The van der Waals surface area contributed by atoms with Gasteiger partial charge in [0.15, 0.2) is 0 Å². The maximum atomic E-state index is 4.81. The summed E-state index contributed by atoms with van der Waals surface area (Å²) in [6.07, 6.45) is 4.13. The standard InChI is InChI=1S/C33H29NSi2/c1-35(2)30-17-7-5-11-26(30)28-15-9-13-24(32(28)35)22-19-23(21-34-20-22)25-14-10-16-29-27-12-6-8-18-31(27)36(3,4)33(25)29/h5-21H,1-4H3. The molecule has 0 aliphatic carbocycles. The van der Waals surface area contributed by atoms with E-state index in [1.165, 1.54) is 44.5 Å². The average Bonchev–Trinajstić information content (AvgIpc) is 3.29. The zero-order valence-electron chi connectivity index (χ0n) is 21.3. The second-order valence-corrected chi connectivity index (χ2v) is 19.8. The van der Waals surface area contributed by atoms with Crippen molar-refractivity contribution in [1.29, 1.82) is 0 Å². The van der Waals surface area contributed by atoms with Crippen LogP contribution in [0.1, 0.15) is 0 Å². The molecule has 36 heavy (non-hydrogen) atoms. The Hall–Kier alpha value is -3.54. The molecular formula is C33H29NSi2. The van der Waals surface area contributed by atoms with Crippen molar-refractivity contribution in [3.05, 3.63) is 103 Å². The van der Waals surface area contributed by atoms with Gasteiger partial charge >= 0.3 is 0 Å². The lowest BCUT2D eigenvalue weighted by atomic mass is 9.96. The summed E-state index contributed by atoms with van der Waals surface area (Å²) in [6.45, 7) is 9.98. The number of aromatic nitrogens is 1. The summed E-state index contributed by atoms with van der Waals surface area (Å²) in [5.74, 6) is 0. The fourth-order valence-electron chi connectivity index (χ4n) is 6.91. The van der Waals surface area contributed by atoms with Gasteiger partial charge < -0.3 is 0 Å². The maximum Gasteiger partial charge on any atom is 0.114 e. The predicted molar refractivity (Wildman–Crippen MR) is 159 cm³/mol. The maximum absolute atomic E-state index is 4.81. The quantitative estimate of drug-likeness (QED) is 0.273. The number of pyridine rings is 1. The van der Waals surface area contributed by atoms with E-state index in [1.54, 1.807) is 20.7 Å². The van der Waals surface area contributed by atoms with Gasteiger partial charge in [0.05, 0.1) is 0 Å². The van der Waals surface area contributed by atoms with E-state index >= 15 is 0 Å². The van der Waals surface area contributed by atoms with Crippen molar-refractivity contribution in [3.8, 4) is 44.5 Å². The monoisotopic (exact) mass is 495 g/mol. The van der Waals surface area contributed by atoms with E-state index in [2.05, 4.69) is 130 Å². The lowest BCUT2D eigenvalue weighted by Gasteiger charge is -2.23. The summed E-state index contributed by atoms with van der Waals surface area (Å²) in [4.78, 5) is 4.81. The summed E-state index contributed by atoms with van der Waals surface area (Å²) in [7, 11) is -3.62. The Bertz CT molecular complexity index is 1570. The summed E-state index contributed by atoms with van der Waals surface area (Å²) in [6, 6.07) is 34.1. The van der Waals surface area contributed by atoms with Gasteiger partial charge in [-0.3, -0.25) is 4.98 Å². The minimum Gasteiger partial charge on any atom is -0.263 e. The van der Waals surface area contributed by atoms with Crippen molar-refractivity contribution in [3.63, 3.8) is 0 Å². The molecular weight excluding hydrogens is 467 g/mol. The highest BCUT2D eigenvalue weighted by atomic mass is 28.3. The summed E-state index contributed by atoms with van der Waals surface area (Å²) in [5.41, 5.74) is 10.8. The fraction of sp³-hybridized carbons (Fsp3) is 0.121. The molecule has 1 nitrogen and oxygen atoms in total. The average molecular weight is 496 g/mol. The number of rotatable bonds is 2. The van der Waals surface area contributed by atoms with E-state index in [-0.39, 0.29) is 0 Å². The van der Waals surface area contributed by atoms with Gasteiger partial charge in [-0.2, -0.15) is 0 Å². The molecule has 0 spiro atoms. The van der Waals surface area contributed by atoms with Crippen LogP contribution in [0, 0.1) is 0 Å². The fourth-order valence-corrected chi connectivity index (χ4v) is 13.8. The Morgan fingerprint density at radius 1 is 0.444 bits per heavy atom. The van der Waals surface area contributed by atoms with E-state index in [0.29, 0.717) is 0 Å². The van der Waals surface area contributed by atoms with Crippen LogP contribution in [-0.2, 0) is 0 Å². The Labute approximate surface area is 215 Å². The second-order valence-electron chi connectivity index (χ2n) is 11.3. The third kappa shape index (κ3) is 2.84. The smallest absolute Gasteiger partial charge is 0.114 e. The van der Waals surface area contributed by atoms with Crippen LogP contribution in [0.4, 0.5) is 0 Å². The molecule has 0 fully saturated rings. The second kappa shape index (κ2) is 7.48. The van der Waals surface area contributed by atoms with Crippen LogP contribution in [0.3, 0.4) is 0 Å². The summed E-state index contributed by atoms with van der Waals surface area (Å²) < 4.78 is 0. The van der Waals surface area contributed by atoms with Crippen molar-refractivity contribution in [2.24, 2.45) is 0 Å². The molecule has 0 amide bonds. The van der Waals surface area contributed by atoms with Crippen LogP contribution in [0.15, 0.2) is 103 Å². The van der Waals surface area contributed by atoms with Crippen LogP contribution in [-0.4, -0.2) is 21.1 Å². The van der Waals surface area contributed by atoms with Crippen molar-refractivity contribution >= 4 is 36.9 Å². The van der Waals surface area contributed by atoms with Gasteiger partial charge in [-0.05, 0) is 60.2 Å². The third-order valence-electron chi connectivity index (χ3n) is 8.52. The molecule has 2 aliphatic heterocycles. The molecule has 0 saturated carbocycles. The van der Waals surface area contributed by atoms with Gasteiger partial charge in [0.25, 0.3) is 0 Å². The molecule has 4 aromatic carbocycles. The van der Waals surface area contributed by atoms with E-state index in [0.717, 1.165) is 0 Å². The highest BCUT2D eigenvalue weighted by Crippen LogP contribution is 2.36. The van der Waals surface area contributed by atoms with Crippen molar-refractivity contribution in [2.75, 3.05) is 0 Å². The molecule has 0 radical (unpaired) electrons. The van der Waals surface area contributed by atoms with Gasteiger partial charge in [0.2, 0.25) is 0 Å². The molecule has 0 bridgehead atoms. The Morgan fingerprint density at radius 3 is 1.31 bits per heavy atom. The van der Waals surface area contributed by atoms with Gasteiger partial charge in [-0.15, -0.1) is 0 Å². The zero-order chi connectivity index (χ0) is 24.7. The number of hydrogen-bond acceptors (Lipinski definition) is 1. The molecule has 0 saturated heterocycles. The van der Waals surface area contributed by atoms with Gasteiger partial charge in [0.1, 0.15) is 16.1 Å². The number of hydrogen-bond donors (Lipinski definition) is 0. The van der Waals surface area contributed by atoms with Crippen LogP contribution in [0.25, 0.3) is 44.5 Å². The highest BCUT2D eigenvalue weighted by Gasteiger charge is 2.40. The minimum absolute atomic E-state index is 1.23. The first-order valence-electron chi connectivity index (χ1n) is 12.8. The first-order valence-corrected chi connectivity index (χ1v) is 18.8. The van der Waals surface area contributed by atoms with E-state index in [9.17, 15) is 0 Å². The SMILES string of the molecule is C[Si]1(C)c2ccccc2-c2cccc(-c3cncc(-c4cccc5c4[Si](C)(C)c4ccccc4-5)c3)c21. The largest absolute Gasteiger partial charge is 0.263 e. The molecule has 1 aromatic heterocycles. The van der Waals surface area contributed by atoms with Crippen LogP contribution in [0.2, 0.25) is 26.2 Å². The predicted octanol–water partition coefficient (Wildman–Crippen LogP) is 6.02. The minimum atomic E-state index is -1.81. The van der Waals surface area contributed by atoms with Crippen molar-refractivity contribution < 1.29 is 0 Å². The number of fused-ring (bicyclic) bond motifs is 6. The molecule has 0 N–H and O–H groups in total. The first-order chi connectivity index (χ1) is 17.4. The highest BCUT2D eigenvalue weighted by molar-refractivity contribution is 7.05. The van der Waals surface area contributed by atoms with Crippen molar-refractivity contribution in [1.82, 2.24) is 4.98 Å². The molecule has 2 aliphatic rings. The molecule has 5 aromatic rings. The lowest BCUT2D eigenvalue weighted by molar-refractivity contribution is 1.33. The first kappa shape index (κ1) is 21.7. The topological polar surface area (TPSA) is 12.9 Å². The third-order valence-corrected chi connectivity index (χ3v) is 15.7. The Kier molecular flexibility index (Phi) is 4.52. The molecule has 174 valence electrons. The van der Waals surface area contributed by atoms with Crippen LogP contribution < -0.4 is 20.7 Å². The summed E-state index contributed by atoms with van der Waals surface area (Å²) >= 11 is 0. The Balaban J connectivity index is 1.42. The van der Waals surface area contributed by atoms with E-state index in [4.69, 9.17) is 4.98 Å². The normalized spacial score (nSPS) is 15.7. The molecule has 3 heteroatoms. The molecule has 7 rings (SSSR count). The lowest BCUT2D eigenvalue weighted by Crippen LogP contribution is -2.50. The van der Waals surface area contributed by atoms with E-state index < -0.39 is 16.1 Å². The van der Waals surface area contributed by atoms with Crippen molar-refractivity contribution in [2.45, 2.75) is 26.2 Å². The van der Waals surface area contributed by atoms with Crippen LogP contribution in [0.5, 0.6) is 0 Å². The van der Waals surface area contributed by atoms with Gasteiger partial charge in [-0.1, -0.05) is 111 Å². The van der Waals surface area contributed by atoms with Gasteiger partial charge in [0, 0.05) is 23.5 Å². The van der Waals surface area contributed by atoms with Crippen LogP contribution >= 0.6 is 0 Å². The zero-order valence-corrected chi connectivity index (χ0v) is 23.3.